The Morgan fingerprint density at radius 1 is 0.936 bits per heavy atom. The lowest BCUT2D eigenvalue weighted by Gasteiger charge is -2.30. The van der Waals surface area contributed by atoms with Gasteiger partial charge in [0.25, 0.3) is 5.91 Å². The maximum absolute atomic E-state index is 14.0. The molecule has 0 spiro atoms. The minimum absolute atomic E-state index is 0.133. The normalized spacial score (nSPS) is 15.5. The van der Waals surface area contributed by atoms with Crippen molar-refractivity contribution in [1.82, 2.24) is 15.1 Å². The van der Waals surface area contributed by atoms with Gasteiger partial charge in [0.15, 0.2) is 0 Å². The smallest absolute Gasteiger partial charge is 0.328 e. The number of aliphatic carboxylic acids is 1. The first-order valence-corrected chi connectivity index (χ1v) is 15.8. The number of ether oxygens (including phenoxy) is 1. The van der Waals surface area contributed by atoms with Crippen molar-refractivity contribution >= 4 is 35.3 Å². The highest BCUT2D eigenvalue weighted by Crippen LogP contribution is 2.34. The van der Waals surface area contributed by atoms with Crippen LogP contribution in [-0.4, -0.2) is 64.1 Å². The first-order valence-electron chi connectivity index (χ1n) is 15.8. The van der Waals surface area contributed by atoms with Gasteiger partial charge in [-0.3, -0.25) is 14.5 Å². The molecule has 1 aliphatic rings. The summed E-state index contributed by atoms with van der Waals surface area (Å²) in [5.74, 6) is -0.692. The van der Waals surface area contributed by atoms with Crippen LogP contribution in [0.3, 0.4) is 0 Å². The molecule has 1 fully saturated rings. The Morgan fingerprint density at radius 3 is 2.23 bits per heavy atom. The number of hydrogen-bond acceptors (Lipinski definition) is 6. The number of carboxylic acid groups (broad SMARTS) is 1. The molecule has 3 aromatic carbocycles. The van der Waals surface area contributed by atoms with Gasteiger partial charge in [0.05, 0.1) is 25.3 Å². The van der Waals surface area contributed by atoms with E-state index in [4.69, 9.17) is 4.74 Å². The highest BCUT2D eigenvalue weighted by Gasteiger charge is 2.53. The summed E-state index contributed by atoms with van der Waals surface area (Å²) in [7, 11) is 1.50. The largest absolute Gasteiger partial charge is 0.495 e. The van der Waals surface area contributed by atoms with E-state index in [9.17, 15) is 24.3 Å². The van der Waals surface area contributed by atoms with Crippen molar-refractivity contribution in [3.8, 4) is 5.75 Å². The first-order chi connectivity index (χ1) is 22.3. The Hall–Kier alpha value is -4.90. The minimum atomic E-state index is -1.14. The molecule has 250 valence electrons. The van der Waals surface area contributed by atoms with E-state index < -0.39 is 35.7 Å². The van der Waals surface area contributed by atoms with Gasteiger partial charge in [-0.2, -0.15) is 0 Å². The molecule has 3 aromatic rings. The Balaban J connectivity index is 1.52. The number of amides is 5. The molecule has 1 saturated heterocycles. The summed E-state index contributed by atoms with van der Waals surface area (Å²) in [4.78, 5) is 55.2. The number of carboxylic acids is 1. The van der Waals surface area contributed by atoms with Crippen molar-refractivity contribution in [1.29, 1.82) is 0 Å². The highest BCUT2D eigenvalue weighted by molar-refractivity contribution is 6.07. The van der Waals surface area contributed by atoms with Crippen molar-refractivity contribution in [2.75, 3.05) is 24.3 Å². The van der Waals surface area contributed by atoms with Crippen molar-refractivity contribution in [2.45, 2.75) is 71.6 Å². The van der Waals surface area contributed by atoms with Gasteiger partial charge < -0.3 is 30.7 Å². The summed E-state index contributed by atoms with van der Waals surface area (Å²) in [6.07, 6.45) is 0.403. The molecule has 0 radical (unpaired) electrons. The van der Waals surface area contributed by atoms with E-state index in [1.54, 1.807) is 36.9 Å². The number of benzene rings is 3. The van der Waals surface area contributed by atoms with Crippen LogP contribution in [0.2, 0.25) is 0 Å². The van der Waals surface area contributed by atoms with Gasteiger partial charge >= 0.3 is 18.0 Å². The van der Waals surface area contributed by atoms with Crippen LogP contribution in [0.5, 0.6) is 5.75 Å². The minimum Gasteiger partial charge on any atom is -0.495 e. The second kappa shape index (κ2) is 15.1. The fourth-order valence-electron chi connectivity index (χ4n) is 5.83. The lowest BCUT2D eigenvalue weighted by Crippen LogP contribution is -2.48. The van der Waals surface area contributed by atoms with Crippen LogP contribution in [0.25, 0.3) is 0 Å². The molecule has 2 atom stereocenters. The molecule has 0 unspecified atom stereocenters. The number of methoxy groups -OCH3 is 1. The molecular weight excluding hydrogens is 598 g/mol. The van der Waals surface area contributed by atoms with Gasteiger partial charge in [-0.05, 0) is 68.0 Å². The highest BCUT2D eigenvalue weighted by atomic mass is 16.5. The number of aryl methyl sites for hydroxylation is 1. The zero-order chi connectivity index (χ0) is 34.3. The predicted molar refractivity (Wildman–Crippen MR) is 181 cm³/mol. The monoisotopic (exact) mass is 643 g/mol. The third kappa shape index (κ3) is 8.48. The number of carbonyl (C=O) groups excluding carboxylic acids is 3. The molecule has 1 heterocycles. The number of nitrogens with one attached hydrogen (secondary N) is 3. The van der Waals surface area contributed by atoms with E-state index in [0.29, 0.717) is 29.1 Å². The molecule has 5 amide bonds. The van der Waals surface area contributed by atoms with Gasteiger partial charge in [0, 0.05) is 24.8 Å². The number of nitrogens with zero attached hydrogens (tertiary/aromatic N) is 2. The molecular formula is C36H45N5O6. The lowest BCUT2D eigenvalue weighted by molar-refractivity contribution is -0.138. The number of rotatable bonds is 14. The summed E-state index contributed by atoms with van der Waals surface area (Å²) in [5.41, 5.74) is 2.46. The topological polar surface area (TPSA) is 140 Å². The van der Waals surface area contributed by atoms with Crippen molar-refractivity contribution in [3.05, 3.63) is 89.5 Å². The van der Waals surface area contributed by atoms with Gasteiger partial charge in [-0.25, -0.2) is 9.59 Å². The third-order valence-electron chi connectivity index (χ3n) is 8.39. The average molecular weight is 644 g/mol. The van der Waals surface area contributed by atoms with Crippen molar-refractivity contribution in [2.24, 2.45) is 5.92 Å². The second-order valence-electron chi connectivity index (χ2n) is 12.8. The van der Waals surface area contributed by atoms with Crippen molar-refractivity contribution < 1.29 is 29.0 Å². The Bertz CT molecular complexity index is 1590. The molecule has 11 nitrogen and oxygen atoms in total. The standard InChI is InChI=1S/C36H45N5O6/c1-23(2)18-27(21-37-30(20-32(42)43)26-13-8-7-9-14-26)41-33(44)36(4,5)40(35(41)46)22-25-16-17-29(31(19-25)47-6)39-34(45)38-28-15-11-10-12-24(28)3/h7-17,19,23,27,30,37H,18,20-22H2,1-6H3,(H,42,43)(H2,38,39,45)/t27-,30-/m0/s1. The molecule has 4 rings (SSSR count). The summed E-state index contributed by atoms with van der Waals surface area (Å²) >= 11 is 0. The van der Waals surface area contributed by atoms with Gasteiger partial charge in [-0.1, -0.05) is 68.4 Å². The number of para-hydroxylation sites is 1. The maximum atomic E-state index is 14.0. The first kappa shape index (κ1) is 35.0. The van der Waals surface area contributed by atoms with E-state index in [0.717, 1.165) is 11.1 Å². The average Bonchev–Trinajstić information content (AvgIpc) is 3.19. The van der Waals surface area contributed by atoms with Gasteiger partial charge in [0.1, 0.15) is 11.3 Å². The van der Waals surface area contributed by atoms with Crippen LogP contribution in [0.4, 0.5) is 21.0 Å². The number of anilines is 2. The van der Waals surface area contributed by atoms with Crippen LogP contribution in [0.1, 0.15) is 63.3 Å². The molecule has 11 heteroatoms. The zero-order valence-corrected chi connectivity index (χ0v) is 27.9. The van der Waals surface area contributed by atoms with E-state index in [1.807, 2.05) is 75.4 Å². The SMILES string of the molecule is COc1cc(CN2C(=O)N([C@H](CN[C@@H](CC(=O)O)c3ccccc3)CC(C)C)C(=O)C2(C)C)ccc1NC(=O)Nc1ccccc1C. The summed E-state index contributed by atoms with van der Waals surface area (Å²) in [6, 6.07) is 20.1. The molecule has 4 N–H and O–H groups in total. The Labute approximate surface area is 276 Å². The Kier molecular flexibility index (Phi) is 11.3. The molecule has 0 bridgehead atoms. The van der Waals surface area contributed by atoms with Crippen LogP contribution in [0, 0.1) is 12.8 Å². The van der Waals surface area contributed by atoms with Crippen LogP contribution in [0.15, 0.2) is 72.8 Å². The lowest BCUT2D eigenvalue weighted by atomic mass is 9.98. The van der Waals surface area contributed by atoms with Crippen LogP contribution < -0.4 is 20.7 Å². The predicted octanol–water partition coefficient (Wildman–Crippen LogP) is 6.41. The van der Waals surface area contributed by atoms with E-state index in [-0.39, 0.29) is 31.3 Å². The summed E-state index contributed by atoms with van der Waals surface area (Å²) in [6.45, 7) is 9.78. The number of imide groups is 1. The number of urea groups is 2. The number of carbonyl (C=O) groups is 4. The van der Waals surface area contributed by atoms with E-state index in [2.05, 4.69) is 16.0 Å². The summed E-state index contributed by atoms with van der Waals surface area (Å²) in [5, 5.41) is 18.5. The van der Waals surface area contributed by atoms with Crippen molar-refractivity contribution in [3.63, 3.8) is 0 Å². The van der Waals surface area contributed by atoms with Gasteiger partial charge in [0.2, 0.25) is 0 Å². The Morgan fingerprint density at radius 2 is 1.60 bits per heavy atom. The maximum Gasteiger partial charge on any atom is 0.328 e. The van der Waals surface area contributed by atoms with Crippen LogP contribution >= 0.6 is 0 Å². The van der Waals surface area contributed by atoms with Gasteiger partial charge in [-0.15, -0.1) is 0 Å². The second-order valence-corrected chi connectivity index (χ2v) is 12.8. The fraction of sp³-hybridized carbons (Fsp3) is 0.389. The molecule has 0 aliphatic carbocycles. The molecule has 0 aromatic heterocycles. The molecule has 1 aliphatic heterocycles. The zero-order valence-electron chi connectivity index (χ0n) is 27.9. The fourth-order valence-corrected chi connectivity index (χ4v) is 5.83. The number of hydrogen-bond donors (Lipinski definition) is 4. The molecule has 0 saturated carbocycles. The van der Waals surface area contributed by atoms with E-state index in [1.165, 1.54) is 12.0 Å². The van der Waals surface area contributed by atoms with E-state index >= 15 is 0 Å². The molecule has 47 heavy (non-hydrogen) atoms. The quantitative estimate of drug-likeness (QED) is 0.149. The third-order valence-corrected chi connectivity index (χ3v) is 8.39. The van der Waals surface area contributed by atoms with Crippen LogP contribution in [-0.2, 0) is 16.1 Å². The summed E-state index contributed by atoms with van der Waals surface area (Å²) < 4.78 is 5.57.